The van der Waals surface area contributed by atoms with Crippen molar-refractivity contribution in [2.75, 3.05) is 20.3 Å². The molecule has 0 radical (unpaired) electrons. The third-order valence-electron chi connectivity index (χ3n) is 8.29. The van der Waals surface area contributed by atoms with E-state index in [1.807, 2.05) is 0 Å². The fraction of sp³-hybridized carbons (Fsp3) is 0.667. The normalized spacial score (nSPS) is 30.9. The largest absolute Gasteiger partial charge is 0.384 e. The molecule has 196 valence electrons. The number of nitrogens with zero attached hydrogens (tertiary/aromatic N) is 1. The van der Waals surface area contributed by atoms with Gasteiger partial charge in [-0.3, -0.25) is 19.7 Å². The van der Waals surface area contributed by atoms with Crippen molar-refractivity contribution >= 4 is 17.7 Å². The lowest BCUT2D eigenvalue weighted by molar-refractivity contribution is -0.136. The molecule has 2 saturated heterocycles. The van der Waals surface area contributed by atoms with Gasteiger partial charge in [0.05, 0.1) is 12.6 Å². The minimum absolute atomic E-state index is 0.0397. The molecule has 0 bridgehead atoms. The van der Waals surface area contributed by atoms with E-state index >= 15 is 4.39 Å². The van der Waals surface area contributed by atoms with E-state index in [0.29, 0.717) is 41.7 Å². The van der Waals surface area contributed by atoms with E-state index in [9.17, 15) is 14.4 Å². The molecule has 4 aliphatic rings. The number of nitrogens with one attached hydrogen (secondary N) is 2. The second kappa shape index (κ2) is 10.9. The molecule has 0 spiro atoms. The van der Waals surface area contributed by atoms with Gasteiger partial charge in [-0.05, 0) is 62.5 Å². The van der Waals surface area contributed by atoms with Crippen molar-refractivity contribution in [2.45, 2.75) is 88.6 Å². The number of ether oxygens (including phenoxy) is 2. The van der Waals surface area contributed by atoms with Crippen LogP contribution < -0.4 is 10.6 Å². The monoisotopic (exact) mass is 501 g/mol. The molecule has 3 fully saturated rings. The number of rotatable bonds is 7. The van der Waals surface area contributed by atoms with E-state index in [0.717, 1.165) is 45.1 Å². The molecule has 1 unspecified atom stereocenters. The van der Waals surface area contributed by atoms with Gasteiger partial charge in [0.15, 0.2) is 0 Å². The Kier molecular flexibility index (Phi) is 7.69. The van der Waals surface area contributed by atoms with E-state index in [1.54, 1.807) is 19.2 Å². The van der Waals surface area contributed by atoms with Crippen LogP contribution in [0.2, 0.25) is 0 Å². The standard InChI is InChI=1S/C27H36FN3O5/c1-35-15-16-4-7-18(8-5-16)29-21-3-2-12-36-23(21)13-17-6-9-19-20(25(17)28)14-31(27(19)34)22-10-11-24(32)30-26(22)33/h6,9,16,18,21-23,29H,2-5,7-8,10-15H2,1H3,(H,30,32,33)/t16?,18?,21-,22?,23+/m0/s1. The lowest BCUT2D eigenvalue weighted by Gasteiger charge is -2.37. The van der Waals surface area contributed by atoms with Gasteiger partial charge < -0.3 is 19.7 Å². The average Bonchev–Trinajstić information content (AvgIpc) is 3.20. The topological polar surface area (TPSA) is 97.0 Å². The van der Waals surface area contributed by atoms with Gasteiger partial charge in [0.1, 0.15) is 11.9 Å². The Morgan fingerprint density at radius 1 is 1.14 bits per heavy atom. The molecule has 2 N–H and O–H groups in total. The van der Waals surface area contributed by atoms with Gasteiger partial charge in [-0.2, -0.15) is 0 Å². The summed E-state index contributed by atoms with van der Waals surface area (Å²) >= 11 is 0. The van der Waals surface area contributed by atoms with Crippen molar-refractivity contribution in [3.63, 3.8) is 0 Å². The summed E-state index contributed by atoms with van der Waals surface area (Å²) < 4.78 is 27.1. The average molecular weight is 502 g/mol. The van der Waals surface area contributed by atoms with Crippen molar-refractivity contribution < 1.29 is 28.2 Å². The van der Waals surface area contributed by atoms with Crippen LogP contribution in [0.1, 0.15) is 72.9 Å². The predicted octanol–water partition coefficient (Wildman–Crippen LogP) is 2.47. The van der Waals surface area contributed by atoms with E-state index in [2.05, 4.69) is 10.6 Å². The second-order valence-electron chi connectivity index (χ2n) is 10.7. The maximum Gasteiger partial charge on any atom is 0.255 e. The Morgan fingerprint density at radius 2 is 1.94 bits per heavy atom. The molecule has 3 amide bonds. The number of hydrogen-bond acceptors (Lipinski definition) is 6. The Bertz CT molecular complexity index is 1010. The molecule has 3 aliphatic heterocycles. The van der Waals surface area contributed by atoms with E-state index in [1.165, 1.54) is 4.90 Å². The summed E-state index contributed by atoms with van der Waals surface area (Å²) in [4.78, 5) is 38.2. The molecule has 5 rings (SSSR count). The van der Waals surface area contributed by atoms with Crippen molar-refractivity contribution in [1.29, 1.82) is 0 Å². The lowest BCUT2D eigenvalue weighted by Crippen LogP contribution is -2.52. The molecule has 1 aromatic carbocycles. The van der Waals surface area contributed by atoms with Crippen LogP contribution in [0.4, 0.5) is 4.39 Å². The Labute approximate surface area is 211 Å². The molecule has 8 nitrogen and oxygen atoms in total. The zero-order valence-corrected chi connectivity index (χ0v) is 20.9. The highest BCUT2D eigenvalue weighted by Gasteiger charge is 2.41. The van der Waals surface area contributed by atoms with Gasteiger partial charge in [0, 0.05) is 56.4 Å². The highest BCUT2D eigenvalue weighted by Crippen LogP contribution is 2.32. The van der Waals surface area contributed by atoms with Crippen molar-refractivity contribution in [3.05, 3.63) is 34.6 Å². The Balaban J connectivity index is 1.25. The molecule has 1 saturated carbocycles. The number of methoxy groups -OCH3 is 1. The lowest BCUT2D eigenvalue weighted by atomic mass is 9.85. The molecule has 1 aromatic rings. The van der Waals surface area contributed by atoms with Gasteiger partial charge in [-0.1, -0.05) is 6.07 Å². The van der Waals surface area contributed by atoms with Crippen LogP contribution >= 0.6 is 0 Å². The maximum absolute atomic E-state index is 15.7. The van der Waals surface area contributed by atoms with E-state index in [-0.39, 0.29) is 49.2 Å². The first-order valence-corrected chi connectivity index (χ1v) is 13.3. The molecule has 0 aromatic heterocycles. The number of amides is 3. The SMILES string of the molecule is COCC1CCC(N[C@H]2CCCO[C@@H]2Cc2ccc3c(c2F)CN(C2CCC(=O)NC2=O)C3=O)CC1. The number of carbonyl (C=O) groups excluding carboxylic acids is 3. The van der Waals surface area contributed by atoms with Crippen molar-refractivity contribution in [1.82, 2.24) is 15.5 Å². The van der Waals surface area contributed by atoms with Crippen LogP contribution in [-0.4, -0.2) is 67.2 Å². The summed E-state index contributed by atoms with van der Waals surface area (Å²) in [5.74, 6) is -0.943. The van der Waals surface area contributed by atoms with Crippen LogP contribution in [0.5, 0.6) is 0 Å². The van der Waals surface area contributed by atoms with E-state index in [4.69, 9.17) is 9.47 Å². The fourth-order valence-corrected chi connectivity index (χ4v) is 6.29. The molecule has 36 heavy (non-hydrogen) atoms. The summed E-state index contributed by atoms with van der Waals surface area (Å²) in [7, 11) is 1.76. The minimum Gasteiger partial charge on any atom is -0.384 e. The molecule has 9 heteroatoms. The zero-order chi connectivity index (χ0) is 25.2. The highest BCUT2D eigenvalue weighted by molar-refractivity contribution is 6.05. The number of halogens is 1. The van der Waals surface area contributed by atoms with Crippen LogP contribution in [0.15, 0.2) is 12.1 Å². The zero-order valence-electron chi connectivity index (χ0n) is 20.9. The Morgan fingerprint density at radius 3 is 2.69 bits per heavy atom. The summed E-state index contributed by atoms with van der Waals surface area (Å²) in [6.45, 7) is 1.53. The quantitative estimate of drug-likeness (QED) is 0.558. The number of imide groups is 1. The van der Waals surface area contributed by atoms with Gasteiger partial charge in [0.2, 0.25) is 11.8 Å². The second-order valence-corrected chi connectivity index (χ2v) is 10.7. The number of carbonyl (C=O) groups is 3. The highest BCUT2D eigenvalue weighted by atomic mass is 19.1. The van der Waals surface area contributed by atoms with Crippen LogP contribution in [0, 0.1) is 11.7 Å². The predicted molar refractivity (Wildman–Crippen MR) is 130 cm³/mol. The summed E-state index contributed by atoms with van der Waals surface area (Å²) in [6.07, 6.45) is 7.25. The molecular formula is C27H36FN3O5. The molecular weight excluding hydrogens is 465 g/mol. The number of hydrogen-bond donors (Lipinski definition) is 2. The smallest absolute Gasteiger partial charge is 0.255 e. The third kappa shape index (κ3) is 5.19. The Hall–Kier alpha value is -2.36. The first-order valence-electron chi connectivity index (χ1n) is 13.3. The first kappa shape index (κ1) is 25.3. The fourth-order valence-electron chi connectivity index (χ4n) is 6.29. The van der Waals surface area contributed by atoms with Gasteiger partial charge >= 0.3 is 0 Å². The molecule has 1 aliphatic carbocycles. The number of piperidine rings is 1. The number of benzene rings is 1. The first-order chi connectivity index (χ1) is 17.4. The van der Waals surface area contributed by atoms with Gasteiger partial charge in [0.25, 0.3) is 5.91 Å². The third-order valence-corrected chi connectivity index (χ3v) is 8.29. The van der Waals surface area contributed by atoms with E-state index < -0.39 is 11.9 Å². The summed E-state index contributed by atoms with van der Waals surface area (Å²) in [5, 5.41) is 6.09. The minimum atomic E-state index is -0.750. The van der Waals surface area contributed by atoms with Crippen molar-refractivity contribution in [3.8, 4) is 0 Å². The van der Waals surface area contributed by atoms with Crippen molar-refractivity contribution in [2.24, 2.45) is 5.92 Å². The molecule has 3 heterocycles. The summed E-state index contributed by atoms with van der Waals surface area (Å²) in [6, 6.07) is 3.21. The van der Waals surface area contributed by atoms with Crippen LogP contribution in [0.3, 0.4) is 0 Å². The summed E-state index contributed by atoms with van der Waals surface area (Å²) in [5.41, 5.74) is 1.17. The number of fused-ring (bicyclic) bond motifs is 1. The van der Waals surface area contributed by atoms with Crippen LogP contribution in [0.25, 0.3) is 0 Å². The van der Waals surface area contributed by atoms with Crippen LogP contribution in [-0.2, 0) is 32.0 Å². The van der Waals surface area contributed by atoms with Gasteiger partial charge in [-0.25, -0.2) is 4.39 Å². The molecule has 3 atom stereocenters. The maximum atomic E-state index is 15.7. The van der Waals surface area contributed by atoms with Gasteiger partial charge in [-0.15, -0.1) is 0 Å².